The highest BCUT2D eigenvalue weighted by molar-refractivity contribution is 5.85. The van der Waals surface area contributed by atoms with Gasteiger partial charge >= 0.3 is 0 Å². The van der Waals surface area contributed by atoms with Crippen molar-refractivity contribution in [2.75, 3.05) is 13.1 Å². The van der Waals surface area contributed by atoms with E-state index in [0.29, 0.717) is 6.42 Å². The number of carbonyl (C=O) groups is 1. The summed E-state index contributed by atoms with van der Waals surface area (Å²) >= 11 is 0. The molecule has 2 aliphatic heterocycles. The predicted octanol–water partition coefficient (Wildman–Crippen LogP) is 0.953. The summed E-state index contributed by atoms with van der Waals surface area (Å²) in [5, 5.41) is 8.92. The zero-order valence-corrected chi connectivity index (χ0v) is 7.70. The van der Waals surface area contributed by atoms with Gasteiger partial charge in [0.15, 0.2) is 5.78 Å². The van der Waals surface area contributed by atoms with Gasteiger partial charge < -0.3 is 0 Å². The largest absolute Gasteiger partial charge is 0.298 e. The lowest BCUT2D eigenvalue weighted by Crippen LogP contribution is -2.52. The Morgan fingerprint density at radius 2 is 2.15 bits per heavy atom. The summed E-state index contributed by atoms with van der Waals surface area (Å²) in [6.07, 6.45) is 3.64. The Morgan fingerprint density at radius 3 is 2.92 bits per heavy atom. The lowest BCUT2D eigenvalue weighted by atomic mass is 9.84. The second-order valence-corrected chi connectivity index (χ2v) is 3.93. The van der Waals surface area contributed by atoms with Crippen molar-refractivity contribution in [2.24, 2.45) is 5.92 Å². The van der Waals surface area contributed by atoms with E-state index in [0.717, 1.165) is 32.4 Å². The third-order valence-electron chi connectivity index (χ3n) is 3.10. The predicted molar refractivity (Wildman–Crippen MR) is 47.9 cm³/mol. The SMILES string of the molecule is N#C[C@H]1CCCN2CCCC(=O)[C@@H]12. The van der Waals surface area contributed by atoms with E-state index < -0.39 is 0 Å². The van der Waals surface area contributed by atoms with Gasteiger partial charge in [0.25, 0.3) is 0 Å². The Bertz CT molecular complexity index is 254. The Morgan fingerprint density at radius 1 is 1.38 bits per heavy atom. The summed E-state index contributed by atoms with van der Waals surface area (Å²) in [6, 6.07) is 2.21. The van der Waals surface area contributed by atoms with Crippen molar-refractivity contribution < 1.29 is 4.79 Å². The van der Waals surface area contributed by atoms with Crippen molar-refractivity contribution in [1.82, 2.24) is 4.90 Å². The van der Waals surface area contributed by atoms with E-state index >= 15 is 0 Å². The van der Waals surface area contributed by atoms with E-state index in [1.807, 2.05) is 0 Å². The smallest absolute Gasteiger partial charge is 0.151 e. The highest BCUT2D eigenvalue weighted by Gasteiger charge is 2.38. The number of hydrogen-bond acceptors (Lipinski definition) is 3. The molecule has 3 heteroatoms. The van der Waals surface area contributed by atoms with Gasteiger partial charge in [-0.25, -0.2) is 0 Å². The van der Waals surface area contributed by atoms with Crippen LogP contribution in [-0.2, 0) is 4.79 Å². The average Bonchev–Trinajstić information content (AvgIpc) is 2.17. The molecule has 0 saturated carbocycles. The van der Waals surface area contributed by atoms with Crippen molar-refractivity contribution in [1.29, 1.82) is 5.26 Å². The summed E-state index contributed by atoms with van der Waals surface area (Å²) in [5.41, 5.74) is 0. The molecular formula is C10H14N2O. The van der Waals surface area contributed by atoms with Crippen molar-refractivity contribution in [2.45, 2.75) is 31.7 Å². The van der Waals surface area contributed by atoms with Gasteiger partial charge in [-0.2, -0.15) is 5.26 Å². The standard InChI is InChI=1S/C10H14N2O/c11-7-8-3-1-5-12-6-2-4-9(13)10(8)12/h8,10H,1-6H2/t8-,10-/m1/s1. The molecule has 2 atom stereocenters. The van der Waals surface area contributed by atoms with Crippen LogP contribution in [0.25, 0.3) is 0 Å². The summed E-state index contributed by atoms with van der Waals surface area (Å²) < 4.78 is 0. The number of Topliss-reactive ketones (excluding diaryl/α,β-unsaturated/α-hetero) is 1. The number of fused-ring (bicyclic) bond motifs is 1. The zero-order valence-electron chi connectivity index (χ0n) is 7.70. The monoisotopic (exact) mass is 178 g/mol. The Balaban J connectivity index is 2.17. The molecule has 0 aromatic heterocycles. The Kier molecular flexibility index (Phi) is 2.32. The van der Waals surface area contributed by atoms with E-state index in [2.05, 4.69) is 11.0 Å². The van der Waals surface area contributed by atoms with Crippen LogP contribution in [0, 0.1) is 17.2 Å². The molecule has 70 valence electrons. The first-order chi connectivity index (χ1) is 6.33. The van der Waals surface area contributed by atoms with E-state index in [9.17, 15) is 4.79 Å². The quantitative estimate of drug-likeness (QED) is 0.554. The van der Waals surface area contributed by atoms with Gasteiger partial charge in [0.1, 0.15) is 0 Å². The fourth-order valence-electron chi connectivity index (χ4n) is 2.48. The third kappa shape index (κ3) is 1.47. The van der Waals surface area contributed by atoms with Crippen LogP contribution in [-0.4, -0.2) is 29.8 Å². The summed E-state index contributed by atoms with van der Waals surface area (Å²) in [7, 11) is 0. The maximum absolute atomic E-state index is 11.6. The van der Waals surface area contributed by atoms with Gasteiger partial charge in [-0.15, -0.1) is 0 Å². The molecule has 2 fully saturated rings. The molecule has 0 aromatic carbocycles. The first kappa shape index (κ1) is 8.71. The normalized spacial score (nSPS) is 35.2. The van der Waals surface area contributed by atoms with E-state index in [1.54, 1.807) is 0 Å². The second kappa shape index (κ2) is 3.47. The molecule has 2 heterocycles. The molecule has 2 rings (SSSR count). The van der Waals surface area contributed by atoms with E-state index in [-0.39, 0.29) is 17.7 Å². The van der Waals surface area contributed by atoms with Gasteiger partial charge in [0.05, 0.1) is 18.0 Å². The highest BCUT2D eigenvalue weighted by atomic mass is 16.1. The van der Waals surface area contributed by atoms with Crippen LogP contribution >= 0.6 is 0 Å². The number of piperidine rings is 2. The summed E-state index contributed by atoms with van der Waals surface area (Å²) in [5.74, 6) is 0.249. The van der Waals surface area contributed by atoms with Crippen LogP contribution in [0.3, 0.4) is 0 Å². The number of ketones is 1. The highest BCUT2D eigenvalue weighted by Crippen LogP contribution is 2.28. The zero-order chi connectivity index (χ0) is 9.26. The number of nitriles is 1. The fraction of sp³-hybridized carbons (Fsp3) is 0.800. The van der Waals surface area contributed by atoms with Crippen LogP contribution in [0.4, 0.5) is 0 Å². The molecule has 0 spiro atoms. The minimum absolute atomic E-state index is 0.0402. The average molecular weight is 178 g/mol. The topological polar surface area (TPSA) is 44.1 Å². The van der Waals surface area contributed by atoms with Gasteiger partial charge in [-0.1, -0.05) is 0 Å². The molecule has 0 unspecified atom stereocenters. The van der Waals surface area contributed by atoms with Crippen LogP contribution in [0.15, 0.2) is 0 Å². The van der Waals surface area contributed by atoms with Crippen LogP contribution in [0.2, 0.25) is 0 Å². The number of rotatable bonds is 0. The summed E-state index contributed by atoms with van der Waals surface area (Å²) in [6.45, 7) is 2.02. The van der Waals surface area contributed by atoms with Crippen molar-refractivity contribution in [3.8, 4) is 6.07 Å². The maximum Gasteiger partial charge on any atom is 0.151 e. The number of nitrogens with zero attached hydrogens (tertiary/aromatic N) is 2. The van der Waals surface area contributed by atoms with E-state index in [1.165, 1.54) is 0 Å². The molecule has 2 aliphatic rings. The molecule has 0 radical (unpaired) electrons. The molecule has 13 heavy (non-hydrogen) atoms. The molecule has 2 saturated heterocycles. The van der Waals surface area contributed by atoms with Gasteiger partial charge in [0.2, 0.25) is 0 Å². The molecule has 0 aromatic rings. The molecular weight excluding hydrogens is 164 g/mol. The molecule has 0 N–H and O–H groups in total. The van der Waals surface area contributed by atoms with Crippen LogP contribution in [0.1, 0.15) is 25.7 Å². The van der Waals surface area contributed by atoms with Crippen molar-refractivity contribution in [3.05, 3.63) is 0 Å². The molecule has 0 bridgehead atoms. The molecule has 3 nitrogen and oxygen atoms in total. The third-order valence-corrected chi connectivity index (χ3v) is 3.10. The minimum atomic E-state index is -0.0625. The van der Waals surface area contributed by atoms with Crippen molar-refractivity contribution >= 4 is 5.78 Å². The summed E-state index contributed by atoms with van der Waals surface area (Å²) in [4.78, 5) is 13.8. The van der Waals surface area contributed by atoms with Crippen LogP contribution < -0.4 is 0 Å². The maximum atomic E-state index is 11.6. The minimum Gasteiger partial charge on any atom is -0.298 e. The van der Waals surface area contributed by atoms with Crippen molar-refractivity contribution in [3.63, 3.8) is 0 Å². The fourth-order valence-corrected chi connectivity index (χ4v) is 2.48. The lowest BCUT2D eigenvalue weighted by Gasteiger charge is -2.40. The van der Waals surface area contributed by atoms with E-state index in [4.69, 9.17) is 5.26 Å². The Hall–Kier alpha value is -0.880. The first-order valence-electron chi connectivity index (χ1n) is 4.99. The van der Waals surface area contributed by atoms with Gasteiger partial charge in [-0.3, -0.25) is 9.69 Å². The second-order valence-electron chi connectivity index (χ2n) is 3.93. The Labute approximate surface area is 78.3 Å². The molecule has 0 amide bonds. The van der Waals surface area contributed by atoms with Gasteiger partial charge in [-0.05, 0) is 32.4 Å². The van der Waals surface area contributed by atoms with Crippen LogP contribution in [0.5, 0.6) is 0 Å². The van der Waals surface area contributed by atoms with Gasteiger partial charge in [0, 0.05) is 6.42 Å². The molecule has 0 aliphatic carbocycles. The number of carbonyl (C=O) groups excluding carboxylic acids is 1. The number of hydrogen-bond donors (Lipinski definition) is 0. The first-order valence-corrected chi connectivity index (χ1v) is 4.99. The lowest BCUT2D eigenvalue weighted by molar-refractivity contribution is -0.129.